The lowest BCUT2D eigenvalue weighted by Gasteiger charge is -2.11. The molecule has 0 aliphatic carbocycles. The van der Waals surface area contributed by atoms with Crippen LogP contribution >= 0.6 is 0 Å². The van der Waals surface area contributed by atoms with Crippen LogP contribution in [0.4, 0.5) is 0 Å². The second kappa shape index (κ2) is 4.43. The molecule has 0 unspecified atom stereocenters. The van der Waals surface area contributed by atoms with Gasteiger partial charge in [0.25, 0.3) is 6.04 Å². The third-order valence-electron chi connectivity index (χ3n) is 2.62. The monoisotopic (exact) mass is 208 g/mol. The molecule has 1 aromatic rings. The minimum Gasteiger partial charge on any atom is -0.476 e. The maximum atomic E-state index is 11.1. The first-order valence-electron chi connectivity index (χ1n) is 5.19. The molecule has 1 atom stereocenters. The van der Waals surface area contributed by atoms with Gasteiger partial charge in [0.15, 0.2) is 11.4 Å². The van der Waals surface area contributed by atoms with E-state index in [-0.39, 0.29) is 0 Å². The van der Waals surface area contributed by atoms with Crippen LogP contribution in [-0.4, -0.2) is 11.1 Å². The van der Waals surface area contributed by atoms with E-state index in [9.17, 15) is 4.79 Å². The molecule has 0 fully saturated rings. The van der Waals surface area contributed by atoms with Gasteiger partial charge in [-0.05, 0) is 12.5 Å². The van der Waals surface area contributed by atoms with E-state index in [2.05, 4.69) is 0 Å². The highest BCUT2D eigenvalue weighted by Gasteiger charge is 2.28. The van der Waals surface area contributed by atoms with Crippen LogP contribution < -0.4 is 4.57 Å². The van der Waals surface area contributed by atoms with E-state index in [1.54, 1.807) is 0 Å². The summed E-state index contributed by atoms with van der Waals surface area (Å²) >= 11 is 0. The fourth-order valence-corrected chi connectivity index (χ4v) is 2.08. The zero-order valence-electron chi connectivity index (χ0n) is 9.74. The van der Waals surface area contributed by atoms with Gasteiger partial charge >= 0.3 is 5.97 Å². The summed E-state index contributed by atoms with van der Waals surface area (Å²) in [7, 11) is 0. The normalized spacial score (nSPS) is 12.5. The third kappa shape index (κ3) is 2.35. The Hall–Kier alpha value is -1.38. The Bertz CT molecular complexity index is 362. The fraction of sp³-hybridized carbons (Fsp3) is 0.500. The van der Waals surface area contributed by atoms with Gasteiger partial charge in [-0.2, -0.15) is 4.57 Å². The van der Waals surface area contributed by atoms with Gasteiger partial charge in [0, 0.05) is 32.4 Å². The van der Waals surface area contributed by atoms with Crippen LogP contribution in [0.3, 0.4) is 0 Å². The van der Waals surface area contributed by atoms with Crippen molar-refractivity contribution in [2.24, 2.45) is 0 Å². The van der Waals surface area contributed by atoms with E-state index in [0.29, 0.717) is 6.42 Å². The van der Waals surface area contributed by atoms with Crippen molar-refractivity contribution in [3.63, 3.8) is 0 Å². The SMILES string of the molecule is CC[C@H](C(=O)O)[n+]1c(C)cc(C)cc1C. The zero-order valence-corrected chi connectivity index (χ0v) is 9.74. The topological polar surface area (TPSA) is 41.2 Å². The standard InChI is InChI=1S/C12H17NO2/c1-5-11(12(14)15)13-9(3)6-8(2)7-10(13)4/h6-7,11H,5H2,1-4H3/p+1/t11-/m1/s1. The fourth-order valence-electron chi connectivity index (χ4n) is 2.08. The lowest BCUT2D eigenvalue weighted by atomic mass is 10.1. The minimum atomic E-state index is -0.766. The molecule has 3 nitrogen and oxygen atoms in total. The molecule has 0 spiro atoms. The summed E-state index contributed by atoms with van der Waals surface area (Å²) in [5, 5.41) is 9.12. The molecule has 3 heteroatoms. The van der Waals surface area contributed by atoms with Crippen molar-refractivity contribution in [2.45, 2.75) is 40.2 Å². The van der Waals surface area contributed by atoms with Crippen molar-refractivity contribution < 1.29 is 14.5 Å². The number of aliphatic carboxylic acids is 1. The summed E-state index contributed by atoms with van der Waals surface area (Å²) in [6.07, 6.45) is 0.602. The molecule has 0 amide bonds. The summed E-state index contributed by atoms with van der Waals surface area (Å²) in [5.74, 6) is -0.766. The second-order valence-corrected chi connectivity index (χ2v) is 3.95. The smallest absolute Gasteiger partial charge is 0.373 e. The maximum Gasteiger partial charge on any atom is 0.373 e. The zero-order chi connectivity index (χ0) is 11.6. The largest absolute Gasteiger partial charge is 0.476 e. The first-order valence-corrected chi connectivity index (χ1v) is 5.19. The molecule has 1 rings (SSSR count). The predicted octanol–water partition coefficient (Wildman–Crippen LogP) is 1.94. The lowest BCUT2D eigenvalue weighted by molar-refractivity contribution is -0.722. The number of carbonyl (C=O) groups is 1. The van der Waals surface area contributed by atoms with E-state index >= 15 is 0 Å². The van der Waals surface area contributed by atoms with Gasteiger partial charge in [-0.15, -0.1) is 0 Å². The number of hydrogen-bond donors (Lipinski definition) is 1. The summed E-state index contributed by atoms with van der Waals surface area (Å²) < 4.78 is 1.88. The third-order valence-corrected chi connectivity index (χ3v) is 2.62. The number of carboxylic acids is 1. The lowest BCUT2D eigenvalue weighted by Crippen LogP contribution is -2.48. The number of aromatic nitrogens is 1. The molecular weight excluding hydrogens is 190 g/mol. The van der Waals surface area contributed by atoms with Gasteiger partial charge in [0.1, 0.15) is 0 Å². The summed E-state index contributed by atoms with van der Waals surface area (Å²) in [6, 6.07) is 3.57. The highest BCUT2D eigenvalue weighted by molar-refractivity contribution is 5.69. The highest BCUT2D eigenvalue weighted by Crippen LogP contribution is 2.09. The van der Waals surface area contributed by atoms with Crippen LogP contribution in [0.5, 0.6) is 0 Å². The Morgan fingerprint density at radius 1 is 1.33 bits per heavy atom. The quantitative estimate of drug-likeness (QED) is 0.771. The van der Waals surface area contributed by atoms with E-state index in [1.807, 2.05) is 44.4 Å². The predicted molar refractivity (Wildman–Crippen MR) is 57.8 cm³/mol. The molecule has 0 aliphatic heterocycles. The molecule has 0 aromatic carbocycles. The van der Waals surface area contributed by atoms with Crippen LogP contribution in [0.15, 0.2) is 12.1 Å². The summed E-state index contributed by atoms with van der Waals surface area (Å²) in [6.45, 7) is 7.81. The van der Waals surface area contributed by atoms with Gasteiger partial charge in [0.2, 0.25) is 0 Å². The van der Waals surface area contributed by atoms with Gasteiger partial charge in [-0.25, -0.2) is 4.79 Å². The summed E-state index contributed by atoms with van der Waals surface area (Å²) in [5.41, 5.74) is 3.17. The molecular formula is C12H18NO2+. The van der Waals surface area contributed by atoms with Crippen LogP contribution in [0.25, 0.3) is 0 Å². The Morgan fingerprint density at radius 3 is 2.13 bits per heavy atom. The van der Waals surface area contributed by atoms with Crippen LogP contribution in [0.1, 0.15) is 36.3 Å². The van der Waals surface area contributed by atoms with Gasteiger partial charge in [-0.3, -0.25) is 0 Å². The van der Waals surface area contributed by atoms with Crippen molar-refractivity contribution >= 4 is 5.97 Å². The van der Waals surface area contributed by atoms with Crippen molar-refractivity contribution in [3.8, 4) is 0 Å². The van der Waals surface area contributed by atoms with Crippen LogP contribution in [0, 0.1) is 20.8 Å². The van der Waals surface area contributed by atoms with E-state index < -0.39 is 12.0 Å². The molecule has 0 bridgehead atoms. The Labute approximate surface area is 90.4 Å². The Balaban J connectivity index is 3.29. The van der Waals surface area contributed by atoms with Crippen molar-refractivity contribution in [1.82, 2.24) is 0 Å². The number of nitrogens with zero attached hydrogens (tertiary/aromatic N) is 1. The van der Waals surface area contributed by atoms with Crippen molar-refractivity contribution in [3.05, 3.63) is 29.1 Å². The molecule has 1 heterocycles. The Morgan fingerprint density at radius 2 is 1.80 bits per heavy atom. The minimum absolute atomic E-state index is 0.453. The van der Waals surface area contributed by atoms with E-state index in [0.717, 1.165) is 11.4 Å². The molecule has 15 heavy (non-hydrogen) atoms. The summed E-state index contributed by atoms with van der Waals surface area (Å²) in [4.78, 5) is 11.1. The molecule has 0 radical (unpaired) electrons. The van der Waals surface area contributed by atoms with E-state index in [4.69, 9.17) is 5.11 Å². The molecule has 0 aliphatic rings. The number of rotatable bonds is 3. The molecule has 82 valence electrons. The molecule has 0 saturated carbocycles. The first-order chi connectivity index (χ1) is 6.97. The van der Waals surface area contributed by atoms with E-state index in [1.165, 1.54) is 5.56 Å². The van der Waals surface area contributed by atoms with Crippen molar-refractivity contribution in [2.75, 3.05) is 0 Å². The number of carboxylic acid groups (broad SMARTS) is 1. The van der Waals surface area contributed by atoms with Gasteiger partial charge in [-0.1, -0.05) is 6.92 Å². The average Bonchev–Trinajstić information content (AvgIpc) is 2.09. The number of pyridine rings is 1. The molecule has 1 N–H and O–H groups in total. The Kier molecular flexibility index (Phi) is 3.45. The van der Waals surface area contributed by atoms with Gasteiger partial charge in [0.05, 0.1) is 0 Å². The van der Waals surface area contributed by atoms with Crippen LogP contribution in [-0.2, 0) is 4.79 Å². The van der Waals surface area contributed by atoms with Crippen molar-refractivity contribution in [1.29, 1.82) is 0 Å². The highest BCUT2D eigenvalue weighted by atomic mass is 16.4. The van der Waals surface area contributed by atoms with Crippen LogP contribution in [0.2, 0.25) is 0 Å². The average molecular weight is 208 g/mol. The van der Waals surface area contributed by atoms with Gasteiger partial charge < -0.3 is 5.11 Å². The second-order valence-electron chi connectivity index (χ2n) is 3.95. The number of aryl methyl sites for hydroxylation is 3. The number of hydrogen-bond acceptors (Lipinski definition) is 1. The first kappa shape index (κ1) is 11.7. The molecule has 0 saturated heterocycles. The maximum absolute atomic E-state index is 11.1. The molecule has 1 aromatic heterocycles.